The average molecular weight is 954 g/mol. The zero-order valence-electron chi connectivity index (χ0n) is 47.5. The zero-order valence-corrected chi connectivity index (χ0v) is 47.5. The van der Waals surface area contributed by atoms with E-state index in [4.69, 9.17) is 0 Å². The highest BCUT2D eigenvalue weighted by Crippen LogP contribution is 2.65. The molecule has 11 rings (SSSR count). The molecule has 1 saturated carbocycles. The molecule has 0 N–H and O–H groups in total. The molecule has 0 aromatic heterocycles. The molecule has 4 heteroatoms. The van der Waals surface area contributed by atoms with Crippen LogP contribution in [0.2, 0.25) is 0 Å². The SMILES string of the molecule is CC(C)(C)c1cccc(N2c3cc(C(C)(C)C)ccc3B3c4cc5c(cc4N(c4ccccc4)c4cc(N6c7ccc(C(C)(C)C)cc7C7(C)CC(C(C)(C)C)CCC67C)cc2c43)C(C)(C)CCC5(C)C)c1. The first-order valence-corrected chi connectivity index (χ1v) is 27.7. The van der Waals surface area contributed by atoms with E-state index in [1.54, 1.807) is 0 Å². The van der Waals surface area contributed by atoms with Gasteiger partial charge in [0.1, 0.15) is 0 Å². The Morgan fingerprint density at radius 1 is 0.444 bits per heavy atom. The van der Waals surface area contributed by atoms with Gasteiger partial charge in [0.15, 0.2) is 0 Å². The molecule has 2 aliphatic carbocycles. The second kappa shape index (κ2) is 15.7. The number of benzene rings is 6. The Labute approximate surface area is 435 Å². The molecule has 0 bridgehead atoms. The minimum Gasteiger partial charge on any atom is -0.334 e. The lowest BCUT2D eigenvalue weighted by Gasteiger charge is -2.55. The van der Waals surface area contributed by atoms with E-state index in [-0.39, 0.29) is 50.2 Å². The molecule has 3 atom stereocenters. The number of rotatable bonds is 3. The summed E-state index contributed by atoms with van der Waals surface area (Å²) in [5, 5.41) is 0. The van der Waals surface area contributed by atoms with E-state index in [0.717, 1.165) is 6.42 Å². The quantitative estimate of drug-likeness (QED) is 0.163. The second-order valence-electron chi connectivity index (χ2n) is 29.1. The van der Waals surface area contributed by atoms with Crippen molar-refractivity contribution < 1.29 is 0 Å². The summed E-state index contributed by atoms with van der Waals surface area (Å²) in [7, 11) is 0. The van der Waals surface area contributed by atoms with Crippen molar-refractivity contribution in [2.75, 3.05) is 14.7 Å². The lowest BCUT2D eigenvalue weighted by atomic mass is 9.33. The van der Waals surface area contributed by atoms with Crippen LogP contribution in [0.3, 0.4) is 0 Å². The van der Waals surface area contributed by atoms with Crippen LogP contribution < -0.4 is 31.1 Å². The summed E-state index contributed by atoms with van der Waals surface area (Å²) in [6.07, 6.45) is 5.85. The number of fused-ring (bicyclic) bond motifs is 8. The lowest BCUT2D eigenvalue weighted by Crippen LogP contribution is -2.62. The Bertz CT molecular complexity index is 3160. The molecule has 0 amide bonds. The number of hydrogen-bond donors (Lipinski definition) is 0. The normalized spacial score (nSPS) is 22.9. The Kier molecular flexibility index (Phi) is 10.7. The van der Waals surface area contributed by atoms with E-state index in [1.165, 1.54) is 121 Å². The molecule has 374 valence electrons. The maximum atomic E-state index is 2.86. The van der Waals surface area contributed by atoms with Crippen molar-refractivity contribution in [1.82, 2.24) is 0 Å². The molecule has 72 heavy (non-hydrogen) atoms. The van der Waals surface area contributed by atoms with Crippen LogP contribution in [0.5, 0.6) is 0 Å². The molecule has 3 heterocycles. The van der Waals surface area contributed by atoms with Gasteiger partial charge in [0, 0.05) is 50.9 Å². The molecule has 1 fully saturated rings. The van der Waals surface area contributed by atoms with Gasteiger partial charge in [0.2, 0.25) is 0 Å². The standard InChI is InChI=1S/C68H84BN3/c1-61(2,3)43-23-22-26-48(35-43)71-56-37-45(63(7,8)9)27-29-53(56)69-54-40-50-51(66(15,16)34-33-65(50,13)14)41-57(54)70(47-24-20-19-21-25-47)58-38-49(39-59(71)60(58)69)72-55-30-28-44(62(4,5)6)36-52(55)67(17)42-46(64(10,11)12)31-32-68(67,72)18/h19-30,35-41,46H,31-34,42H2,1-18H3. The van der Waals surface area contributed by atoms with Crippen molar-refractivity contribution in [3.63, 3.8) is 0 Å². The predicted octanol–water partition coefficient (Wildman–Crippen LogP) is 17.0. The molecule has 6 aromatic carbocycles. The van der Waals surface area contributed by atoms with Crippen molar-refractivity contribution in [3.05, 3.63) is 149 Å². The molecular weight excluding hydrogens is 870 g/mol. The number of para-hydroxylation sites is 1. The molecule has 0 saturated heterocycles. The van der Waals surface area contributed by atoms with E-state index in [2.05, 4.69) is 255 Å². The Morgan fingerprint density at radius 3 is 1.60 bits per heavy atom. The van der Waals surface area contributed by atoms with E-state index in [1.807, 2.05) is 0 Å². The summed E-state index contributed by atoms with van der Waals surface area (Å²) in [4.78, 5) is 8.24. The van der Waals surface area contributed by atoms with E-state index >= 15 is 0 Å². The first kappa shape index (κ1) is 49.0. The number of hydrogen-bond acceptors (Lipinski definition) is 3. The van der Waals surface area contributed by atoms with Crippen LogP contribution in [0.1, 0.15) is 190 Å². The molecule has 5 aliphatic rings. The maximum absolute atomic E-state index is 2.86. The van der Waals surface area contributed by atoms with Crippen LogP contribution in [0.15, 0.2) is 115 Å². The second-order valence-corrected chi connectivity index (χ2v) is 29.1. The summed E-state index contributed by atoms with van der Waals surface area (Å²) in [6, 6.07) is 46.6. The maximum Gasteiger partial charge on any atom is 0.252 e. The smallest absolute Gasteiger partial charge is 0.252 e. The van der Waals surface area contributed by atoms with Crippen LogP contribution in [0.25, 0.3) is 0 Å². The summed E-state index contributed by atoms with van der Waals surface area (Å²) in [5.74, 6) is 0.622. The van der Waals surface area contributed by atoms with Gasteiger partial charge in [-0.1, -0.05) is 178 Å². The Hall–Kier alpha value is -5.22. The summed E-state index contributed by atoms with van der Waals surface area (Å²) >= 11 is 0. The molecule has 3 aliphatic heterocycles. The van der Waals surface area contributed by atoms with Crippen molar-refractivity contribution in [1.29, 1.82) is 0 Å². The summed E-state index contributed by atoms with van der Waals surface area (Å²) in [5.41, 5.74) is 23.2. The van der Waals surface area contributed by atoms with Gasteiger partial charge < -0.3 is 14.7 Å². The zero-order chi connectivity index (χ0) is 51.7. The Morgan fingerprint density at radius 2 is 0.986 bits per heavy atom. The fourth-order valence-electron chi connectivity index (χ4n) is 14.3. The third-order valence-electron chi connectivity index (χ3n) is 19.4. The topological polar surface area (TPSA) is 9.72 Å². The largest absolute Gasteiger partial charge is 0.334 e. The number of anilines is 8. The third kappa shape index (κ3) is 7.32. The van der Waals surface area contributed by atoms with Gasteiger partial charge in [-0.25, -0.2) is 0 Å². The minimum absolute atomic E-state index is 0.0233. The van der Waals surface area contributed by atoms with E-state index < -0.39 is 0 Å². The summed E-state index contributed by atoms with van der Waals surface area (Å²) < 4.78 is 0. The van der Waals surface area contributed by atoms with Gasteiger partial charge in [-0.3, -0.25) is 0 Å². The van der Waals surface area contributed by atoms with Crippen LogP contribution in [-0.2, 0) is 32.5 Å². The van der Waals surface area contributed by atoms with Crippen LogP contribution in [0.4, 0.5) is 45.5 Å². The van der Waals surface area contributed by atoms with Crippen molar-refractivity contribution in [2.24, 2.45) is 11.3 Å². The van der Waals surface area contributed by atoms with E-state index in [0.29, 0.717) is 5.92 Å². The molecule has 3 nitrogen and oxygen atoms in total. The highest BCUT2D eigenvalue weighted by atomic mass is 15.3. The van der Waals surface area contributed by atoms with Gasteiger partial charge >= 0.3 is 0 Å². The summed E-state index contributed by atoms with van der Waals surface area (Å²) in [6.45, 7) is 44.0. The van der Waals surface area contributed by atoms with E-state index in [9.17, 15) is 0 Å². The molecule has 0 radical (unpaired) electrons. The Balaban J connectivity index is 1.28. The number of nitrogens with zero attached hydrogens (tertiary/aromatic N) is 3. The lowest BCUT2D eigenvalue weighted by molar-refractivity contribution is 0.0786. The van der Waals surface area contributed by atoms with Crippen molar-refractivity contribution in [3.8, 4) is 0 Å². The van der Waals surface area contributed by atoms with Gasteiger partial charge in [0.05, 0.1) is 5.54 Å². The highest BCUT2D eigenvalue weighted by Gasteiger charge is 2.61. The molecule has 6 aromatic rings. The van der Waals surface area contributed by atoms with Crippen LogP contribution in [0, 0.1) is 11.3 Å². The minimum atomic E-state index is -0.171. The van der Waals surface area contributed by atoms with Gasteiger partial charge in [-0.2, -0.15) is 0 Å². The van der Waals surface area contributed by atoms with Gasteiger partial charge in [-0.15, -0.1) is 0 Å². The molecular formula is C68H84BN3. The van der Waals surface area contributed by atoms with Gasteiger partial charge in [-0.05, 0) is 182 Å². The van der Waals surface area contributed by atoms with Crippen LogP contribution >= 0.6 is 0 Å². The van der Waals surface area contributed by atoms with Crippen molar-refractivity contribution in [2.45, 2.75) is 195 Å². The van der Waals surface area contributed by atoms with Crippen molar-refractivity contribution >= 4 is 68.6 Å². The molecule has 0 spiro atoms. The first-order valence-electron chi connectivity index (χ1n) is 27.7. The fourth-order valence-corrected chi connectivity index (χ4v) is 14.3. The predicted molar refractivity (Wildman–Crippen MR) is 313 cm³/mol. The van der Waals surface area contributed by atoms with Crippen LogP contribution in [-0.4, -0.2) is 12.3 Å². The fraction of sp³-hybridized carbons (Fsp3) is 0.471. The molecule has 3 unspecified atom stereocenters. The monoisotopic (exact) mass is 954 g/mol. The highest BCUT2D eigenvalue weighted by molar-refractivity contribution is 7.00. The third-order valence-corrected chi connectivity index (χ3v) is 19.4. The first-order chi connectivity index (χ1) is 33.4. The van der Waals surface area contributed by atoms with Gasteiger partial charge in [0.25, 0.3) is 6.71 Å². The average Bonchev–Trinajstić information content (AvgIpc) is 3.51.